The van der Waals surface area contributed by atoms with Gasteiger partial charge in [0.1, 0.15) is 0 Å². The molecule has 1 aliphatic heterocycles. The maximum Gasteiger partial charge on any atom is 0.417 e. The molecule has 1 fully saturated rings. The van der Waals surface area contributed by atoms with Gasteiger partial charge in [-0.3, -0.25) is 0 Å². The van der Waals surface area contributed by atoms with Gasteiger partial charge in [-0.15, -0.1) is 12.4 Å². The Morgan fingerprint density at radius 2 is 2.00 bits per heavy atom. The molecule has 1 atom stereocenters. The van der Waals surface area contributed by atoms with Gasteiger partial charge in [0.25, 0.3) is 0 Å². The van der Waals surface area contributed by atoms with Crippen LogP contribution in [-0.4, -0.2) is 32.4 Å². The van der Waals surface area contributed by atoms with E-state index in [1.165, 1.54) is 4.31 Å². The van der Waals surface area contributed by atoms with Crippen LogP contribution in [0.5, 0.6) is 0 Å². The molecule has 4 nitrogen and oxygen atoms in total. The molecule has 2 rings (SSSR count). The van der Waals surface area contributed by atoms with Gasteiger partial charge in [-0.1, -0.05) is 11.6 Å². The summed E-state index contributed by atoms with van der Waals surface area (Å²) in [5, 5.41) is -0.523. The molecule has 1 heterocycles. The third-order valence-corrected chi connectivity index (χ3v) is 5.89. The van der Waals surface area contributed by atoms with Gasteiger partial charge >= 0.3 is 6.18 Å². The molecule has 0 aromatic heterocycles. The maximum atomic E-state index is 12.9. The molecule has 23 heavy (non-hydrogen) atoms. The van der Waals surface area contributed by atoms with Crippen LogP contribution in [0, 0.1) is 5.92 Å². The lowest BCUT2D eigenvalue weighted by Gasteiger charge is -2.31. The summed E-state index contributed by atoms with van der Waals surface area (Å²) in [7, 11) is -3.99. The Balaban J connectivity index is 0.00000264. The van der Waals surface area contributed by atoms with Crippen molar-refractivity contribution in [3.05, 3.63) is 28.8 Å². The van der Waals surface area contributed by atoms with Crippen LogP contribution in [-0.2, 0) is 16.2 Å². The fourth-order valence-corrected chi connectivity index (χ4v) is 4.27. The summed E-state index contributed by atoms with van der Waals surface area (Å²) in [6.07, 6.45) is -3.25. The van der Waals surface area contributed by atoms with E-state index >= 15 is 0 Å². The number of piperidine rings is 1. The van der Waals surface area contributed by atoms with Crippen molar-refractivity contribution in [3.63, 3.8) is 0 Å². The predicted molar refractivity (Wildman–Crippen MR) is 84.2 cm³/mol. The van der Waals surface area contributed by atoms with Crippen molar-refractivity contribution < 1.29 is 21.6 Å². The number of benzene rings is 1. The van der Waals surface area contributed by atoms with Gasteiger partial charge < -0.3 is 5.73 Å². The van der Waals surface area contributed by atoms with E-state index in [4.69, 9.17) is 17.3 Å². The van der Waals surface area contributed by atoms with Crippen molar-refractivity contribution in [2.24, 2.45) is 11.7 Å². The highest BCUT2D eigenvalue weighted by Crippen LogP contribution is 2.36. The Kier molecular flexibility index (Phi) is 6.74. The summed E-state index contributed by atoms with van der Waals surface area (Å²) >= 11 is 5.52. The van der Waals surface area contributed by atoms with Gasteiger partial charge in [0, 0.05) is 13.1 Å². The molecule has 1 aromatic carbocycles. The predicted octanol–water partition coefficient (Wildman–Crippen LogP) is 3.14. The molecule has 0 amide bonds. The highest BCUT2D eigenvalue weighted by molar-refractivity contribution is 7.89. The van der Waals surface area contributed by atoms with E-state index in [0.717, 1.165) is 18.6 Å². The lowest BCUT2D eigenvalue weighted by molar-refractivity contribution is -0.137. The van der Waals surface area contributed by atoms with E-state index < -0.39 is 31.7 Å². The second kappa shape index (κ2) is 7.57. The van der Waals surface area contributed by atoms with Crippen LogP contribution in [0.3, 0.4) is 0 Å². The first-order valence-corrected chi connectivity index (χ1v) is 8.55. The van der Waals surface area contributed by atoms with Gasteiger partial charge in [0.05, 0.1) is 15.5 Å². The maximum absolute atomic E-state index is 12.9. The third-order valence-electron chi connectivity index (χ3n) is 3.70. The van der Waals surface area contributed by atoms with Crippen LogP contribution in [0.4, 0.5) is 13.2 Å². The smallest absolute Gasteiger partial charge is 0.330 e. The van der Waals surface area contributed by atoms with Gasteiger partial charge in [-0.2, -0.15) is 17.5 Å². The lowest BCUT2D eigenvalue weighted by atomic mass is 10.0. The average molecular weight is 393 g/mol. The molecule has 10 heteroatoms. The summed E-state index contributed by atoms with van der Waals surface area (Å²) < 4.78 is 64.8. The van der Waals surface area contributed by atoms with Crippen molar-refractivity contribution in [2.75, 3.05) is 19.6 Å². The van der Waals surface area contributed by atoms with Crippen molar-refractivity contribution in [1.82, 2.24) is 4.31 Å². The summed E-state index contributed by atoms with van der Waals surface area (Å²) in [6, 6.07) is 2.64. The van der Waals surface area contributed by atoms with E-state index in [1.54, 1.807) is 0 Å². The second-order valence-corrected chi connectivity index (χ2v) is 7.59. The van der Waals surface area contributed by atoms with Crippen LogP contribution >= 0.6 is 24.0 Å². The molecule has 2 N–H and O–H groups in total. The minimum atomic E-state index is -4.70. The van der Waals surface area contributed by atoms with Crippen molar-refractivity contribution >= 4 is 34.0 Å². The van der Waals surface area contributed by atoms with Crippen LogP contribution in [0.1, 0.15) is 18.4 Å². The Morgan fingerprint density at radius 3 is 2.57 bits per heavy atom. The zero-order valence-corrected chi connectivity index (χ0v) is 14.4. The van der Waals surface area contributed by atoms with E-state index in [0.29, 0.717) is 19.0 Å². The molecular formula is C13H17Cl2F3N2O2S. The van der Waals surface area contributed by atoms with Gasteiger partial charge in [-0.25, -0.2) is 8.42 Å². The number of sulfonamides is 1. The fraction of sp³-hybridized carbons (Fsp3) is 0.538. The number of hydrogen-bond acceptors (Lipinski definition) is 3. The topological polar surface area (TPSA) is 63.4 Å². The first-order valence-electron chi connectivity index (χ1n) is 6.73. The standard InChI is InChI=1S/C13H16ClF3N2O2S.ClH/c14-12-4-3-10(6-11(12)13(15,16)17)22(20,21)19-5-1-2-9(7-18)8-19;/h3-4,6,9H,1-2,5,7-8,18H2;1H. The second-order valence-electron chi connectivity index (χ2n) is 5.25. The first-order chi connectivity index (χ1) is 10.2. The molecule has 0 bridgehead atoms. The highest BCUT2D eigenvalue weighted by atomic mass is 35.5. The molecule has 1 aliphatic rings. The van der Waals surface area contributed by atoms with Gasteiger partial charge in [0.2, 0.25) is 10.0 Å². The zero-order valence-electron chi connectivity index (χ0n) is 12.0. The molecule has 1 unspecified atom stereocenters. The Morgan fingerprint density at radius 1 is 1.35 bits per heavy atom. The number of halogens is 5. The van der Waals surface area contributed by atoms with E-state index in [9.17, 15) is 21.6 Å². The Labute approximate surface area is 144 Å². The summed E-state index contributed by atoms with van der Waals surface area (Å²) in [6.45, 7) is 0.853. The number of rotatable bonds is 3. The first kappa shape index (κ1) is 20.5. The van der Waals surface area contributed by atoms with E-state index in [1.807, 2.05) is 0 Å². The van der Waals surface area contributed by atoms with E-state index in [-0.39, 0.29) is 31.4 Å². The molecule has 0 spiro atoms. The number of alkyl halides is 3. The Hall–Kier alpha value is -0.540. The molecule has 0 saturated carbocycles. The average Bonchev–Trinajstić information content (AvgIpc) is 2.46. The quantitative estimate of drug-likeness (QED) is 0.858. The van der Waals surface area contributed by atoms with Crippen LogP contribution in [0.15, 0.2) is 23.1 Å². The summed E-state index contributed by atoms with van der Waals surface area (Å²) in [5.41, 5.74) is 4.41. The van der Waals surface area contributed by atoms with Gasteiger partial charge in [0.15, 0.2) is 0 Å². The van der Waals surface area contributed by atoms with Crippen molar-refractivity contribution in [3.8, 4) is 0 Å². The minimum absolute atomic E-state index is 0. The normalized spacial score (nSPS) is 20.1. The van der Waals surface area contributed by atoms with E-state index in [2.05, 4.69) is 0 Å². The molecule has 1 aromatic rings. The number of nitrogens with two attached hydrogens (primary N) is 1. The fourth-order valence-electron chi connectivity index (χ4n) is 2.47. The molecule has 1 saturated heterocycles. The molecule has 132 valence electrons. The SMILES string of the molecule is Cl.NCC1CCCN(S(=O)(=O)c2ccc(Cl)c(C(F)(F)F)c2)C1. The summed E-state index contributed by atoms with van der Waals surface area (Å²) in [5.74, 6) is 0.0258. The third kappa shape index (κ3) is 4.51. The Bertz CT molecular complexity index is 653. The van der Waals surface area contributed by atoms with Crippen molar-refractivity contribution in [2.45, 2.75) is 23.9 Å². The number of nitrogens with zero attached hydrogens (tertiary/aromatic N) is 1. The van der Waals surface area contributed by atoms with Crippen LogP contribution in [0.25, 0.3) is 0 Å². The molecular weight excluding hydrogens is 376 g/mol. The lowest BCUT2D eigenvalue weighted by Crippen LogP contribution is -2.42. The van der Waals surface area contributed by atoms with Crippen LogP contribution < -0.4 is 5.73 Å². The molecule has 0 radical (unpaired) electrons. The molecule has 0 aliphatic carbocycles. The largest absolute Gasteiger partial charge is 0.417 e. The van der Waals surface area contributed by atoms with Crippen LogP contribution in [0.2, 0.25) is 5.02 Å². The minimum Gasteiger partial charge on any atom is -0.330 e. The number of hydrogen-bond donors (Lipinski definition) is 1. The highest BCUT2D eigenvalue weighted by Gasteiger charge is 2.36. The summed E-state index contributed by atoms with van der Waals surface area (Å²) in [4.78, 5) is -0.401. The monoisotopic (exact) mass is 392 g/mol. The zero-order chi connectivity index (χ0) is 16.5. The van der Waals surface area contributed by atoms with Gasteiger partial charge in [-0.05, 0) is 43.5 Å². The van der Waals surface area contributed by atoms with Crippen molar-refractivity contribution in [1.29, 1.82) is 0 Å².